The fraction of sp³-hybridized carbons (Fsp3) is 0.321. The van der Waals surface area contributed by atoms with Crippen LogP contribution in [0.2, 0.25) is 0 Å². The van der Waals surface area contributed by atoms with Crippen molar-refractivity contribution in [3.05, 3.63) is 55.0 Å². The summed E-state index contributed by atoms with van der Waals surface area (Å²) < 4.78 is 7.78. The molecular formula is C28H34N8O2. The van der Waals surface area contributed by atoms with Crippen molar-refractivity contribution in [2.75, 3.05) is 29.1 Å². The third kappa shape index (κ3) is 6.64. The Morgan fingerprint density at radius 3 is 2.45 bits per heavy atom. The fourth-order valence-corrected chi connectivity index (χ4v) is 3.78. The quantitative estimate of drug-likeness (QED) is 0.268. The van der Waals surface area contributed by atoms with Crippen molar-refractivity contribution in [3.8, 4) is 28.3 Å². The number of benzene rings is 2. The molecule has 0 spiro atoms. The van der Waals surface area contributed by atoms with Crippen LogP contribution in [0.25, 0.3) is 22.5 Å². The molecule has 38 heavy (non-hydrogen) atoms. The predicted octanol–water partition coefficient (Wildman–Crippen LogP) is 5.50. The first-order valence-corrected chi connectivity index (χ1v) is 12.5. The molecular weight excluding hydrogens is 480 g/mol. The highest BCUT2D eigenvalue weighted by Crippen LogP contribution is 2.33. The molecule has 3 N–H and O–H groups in total. The van der Waals surface area contributed by atoms with E-state index < -0.39 is 0 Å². The van der Waals surface area contributed by atoms with E-state index in [2.05, 4.69) is 51.9 Å². The van der Waals surface area contributed by atoms with Crippen molar-refractivity contribution in [1.82, 2.24) is 24.7 Å². The fourth-order valence-electron chi connectivity index (χ4n) is 3.78. The Bertz CT molecular complexity index is 1410. The van der Waals surface area contributed by atoms with Crippen molar-refractivity contribution < 1.29 is 9.53 Å². The zero-order chi connectivity index (χ0) is 27.3. The molecule has 0 atom stereocenters. The minimum Gasteiger partial charge on any atom is -0.492 e. The molecule has 4 rings (SSSR count). The molecule has 0 bridgehead atoms. The number of aryl methyl sites for hydroxylation is 1. The minimum atomic E-state index is -0.111. The first-order chi connectivity index (χ1) is 18.1. The number of ether oxygens (including phenoxy) is 1. The van der Waals surface area contributed by atoms with Gasteiger partial charge in [-0.05, 0) is 48.2 Å². The topological polar surface area (TPSA) is 119 Å². The summed E-state index contributed by atoms with van der Waals surface area (Å²) >= 11 is 0. The van der Waals surface area contributed by atoms with Crippen molar-refractivity contribution >= 4 is 29.0 Å². The van der Waals surface area contributed by atoms with Crippen LogP contribution in [0.3, 0.4) is 0 Å². The summed E-state index contributed by atoms with van der Waals surface area (Å²) in [6.07, 6.45) is 3.46. The highest BCUT2D eigenvalue weighted by atomic mass is 16.5. The van der Waals surface area contributed by atoms with Gasteiger partial charge in [0.25, 0.3) is 0 Å². The van der Waals surface area contributed by atoms with Gasteiger partial charge < -0.3 is 25.3 Å². The molecule has 0 aliphatic rings. The van der Waals surface area contributed by atoms with Crippen molar-refractivity contribution in [3.63, 3.8) is 0 Å². The van der Waals surface area contributed by atoms with Crippen LogP contribution in [-0.4, -0.2) is 43.8 Å². The van der Waals surface area contributed by atoms with Crippen LogP contribution < -0.4 is 20.7 Å². The Morgan fingerprint density at radius 2 is 1.82 bits per heavy atom. The molecule has 0 aliphatic heterocycles. The van der Waals surface area contributed by atoms with Gasteiger partial charge in [-0.25, -0.2) is 4.98 Å². The molecule has 0 unspecified atom stereocenters. The lowest BCUT2D eigenvalue weighted by atomic mass is 9.97. The maximum atomic E-state index is 11.4. The number of carbonyl (C=O) groups is 1. The summed E-state index contributed by atoms with van der Waals surface area (Å²) in [6, 6.07) is 13.4. The standard InChI is InChI=1S/C28H34N8O2/c1-7-38-24-14-20(26-35-31-17-36(26)6)10-13-23(24)33-27-29-15-22(25(34-27)30-16-28(3,4)5)19-8-11-21(12-9-19)32-18(2)37/h8-15,17H,7,16H2,1-6H3,(H,32,37)(H2,29,30,33,34). The van der Waals surface area contributed by atoms with Gasteiger partial charge in [-0.15, -0.1) is 10.2 Å². The molecule has 0 radical (unpaired) electrons. The maximum absolute atomic E-state index is 11.4. The van der Waals surface area contributed by atoms with Gasteiger partial charge in [-0.3, -0.25) is 4.79 Å². The first kappa shape index (κ1) is 26.6. The van der Waals surface area contributed by atoms with E-state index in [9.17, 15) is 4.79 Å². The van der Waals surface area contributed by atoms with Crippen LogP contribution in [0, 0.1) is 5.41 Å². The van der Waals surface area contributed by atoms with Gasteiger partial charge in [-0.2, -0.15) is 4.98 Å². The minimum absolute atomic E-state index is 0.0445. The summed E-state index contributed by atoms with van der Waals surface area (Å²) in [6.45, 7) is 11.1. The van der Waals surface area contributed by atoms with Crippen LogP contribution in [0.5, 0.6) is 5.75 Å². The molecule has 2 heterocycles. The number of carbonyl (C=O) groups excluding carboxylic acids is 1. The molecule has 10 nitrogen and oxygen atoms in total. The third-order valence-electron chi connectivity index (χ3n) is 5.59. The van der Waals surface area contributed by atoms with Gasteiger partial charge in [-0.1, -0.05) is 32.9 Å². The Kier molecular flexibility index (Phi) is 7.90. The van der Waals surface area contributed by atoms with Crippen LogP contribution >= 0.6 is 0 Å². The van der Waals surface area contributed by atoms with Crippen LogP contribution in [0.15, 0.2) is 55.0 Å². The van der Waals surface area contributed by atoms with Crippen molar-refractivity contribution in [2.45, 2.75) is 34.6 Å². The summed E-state index contributed by atoms with van der Waals surface area (Å²) in [5.74, 6) is 2.44. The first-order valence-electron chi connectivity index (χ1n) is 12.5. The van der Waals surface area contributed by atoms with E-state index in [4.69, 9.17) is 9.72 Å². The average molecular weight is 515 g/mol. The maximum Gasteiger partial charge on any atom is 0.229 e. The van der Waals surface area contributed by atoms with Gasteiger partial charge in [0.15, 0.2) is 5.82 Å². The average Bonchev–Trinajstić information content (AvgIpc) is 3.30. The van der Waals surface area contributed by atoms with E-state index >= 15 is 0 Å². The van der Waals surface area contributed by atoms with Gasteiger partial charge in [0.05, 0.1) is 12.3 Å². The number of amides is 1. The van der Waals surface area contributed by atoms with Crippen molar-refractivity contribution in [2.24, 2.45) is 12.5 Å². The van der Waals surface area contributed by atoms with Crippen LogP contribution in [0.4, 0.5) is 23.1 Å². The zero-order valence-electron chi connectivity index (χ0n) is 22.7. The summed E-state index contributed by atoms with van der Waals surface area (Å²) in [4.78, 5) is 20.8. The number of nitrogens with zero attached hydrogens (tertiary/aromatic N) is 5. The van der Waals surface area contributed by atoms with Gasteiger partial charge in [0.1, 0.15) is 17.9 Å². The Hall–Kier alpha value is -4.47. The van der Waals surface area contributed by atoms with E-state index in [1.807, 2.05) is 61.0 Å². The van der Waals surface area contributed by atoms with E-state index in [0.29, 0.717) is 24.1 Å². The molecule has 0 aliphatic carbocycles. The van der Waals surface area contributed by atoms with Gasteiger partial charge >= 0.3 is 0 Å². The molecule has 10 heteroatoms. The van der Waals surface area contributed by atoms with E-state index in [1.54, 1.807) is 12.5 Å². The highest BCUT2D eigenvalue weighted by molar-refractivity contribution is 5.89. The van der Waals surface area contributed by atoms with E-state index in [-0.39, 0.29) is 11.3 Å². The third-order valence-corrected chi connectivity index (χ3v) is 5.59. The lowest BCUT2D eigenvalue weighted by molar-refractivity contribution is -0.114. The van der Waals surface area contributed by atoms with Gasteiger partial charge in [0.2, 0.25) is 11.9 Å². The summed E-state index contributed by atoms with van der Waals surface area (Å²) in [5.41, 5.74) is 4.21. The Morgan fingerprint density at radius 1 is 1.08 bits per heavy atom. The number of anilines is 4. The molecule has 198 valence electrons. The molecule has 0 fully saturated rings. The van der Waals surface area contributed by atoms with E-state index in [0.717, 1.165) is 40.4 Å². The van der Waals surface area contributed by atoms with Crippen LogP contribution in [-0.2, 0) is 11.8 Å². The molecule has 0 saturated heterocycles. The zero-order valence-corrected chi connectivity index (χ0v) is 22.7. The number of nitrogens with one attached hydrogen (secondary N) is 3. The SMILES string of the molecule is CCOc1cc(-c2nncn2C)ccc1Nc1ncc(-c2ccc(NC(C)=O)cc2)c(NCC(C)(C)C)n1. The predicted molar refractivity (Wildman–Crippen MR) is 151 cm³/mol. The Labute approximate surface area is 222 Å². The second-order valence-corrected chi connectivity index (χ2v) is 10.2. The smallest absolute Gasteiger partial charge is 0.229 e. The summed E-state index contributed by atoms with van der Waals surface area (Å²) in [7, 11) is 1.90. The molecule has 1 amide bonds. The molecule has 2 aromatic carbocycles. The monoisotopic (exact) mass is 514 g/mol. The summed E-state index contributed by atoms with van der Waals surface area (Å²) in [5, 5.41) is 17.8. The lowest BCUT2D eigenvalue weighted by Gasteiger charge is -2.21. The Balaban J connectivity index is 1.66. The van der Waals surface area contributed by atoms with Crippen LogP contribution in [0.1, 0.15) is 34.6 Å². The molecule has 4 aromatic rings. The largest absolute Gasteiger partial charge is 0.492 e. The van der Waals surface area contributed by atoms with Gasteiger partial charge in [0, 0.05) is 43.5 Å². The second kappa shape index (κ2) is 11.3. The normalized spacial score (nSPS) is 11.2. The molecule has 2 aromatic heterocycles. The van der Waals surface area contributed by atoms with Crippen molar-refractivity contribution in [1.29, 1.82) is 0 Å². The number of aromatic nitrogens is 5. The number of hydrogen-bond acceptors (Lipinski definition) is 8. The molecule has 0 saturated carbocycles. The second-order valence-electron chi connectivity index (χ2n) is 10.2. The number of hydrogen-bond donors (Lipinski definition) is 3. The number of rotatable bonds is 9. The lowest BCUT2D eigenvalue weighted by Crippen LogP contribution is -2.20. The van der Waals surface area contributed by atoms with E-state index in [1.165, 1.54) is 6.92 Å². The highest BCUT2D eigenvalue weighted by Gasteiger charge is 2.16.